The van der Waals surface area contributed by atoms with Crippen LogP contribution in [0.1, 0.15) is 113 Å². The summed E-state index contributed by atoms with van der Waals surface area (Å²) in [4.78, 5) is 25.9. The average Bonchev–Trinajstić information content (AvgIpc) is 3.11. The molecule has 7 aliphatic rings. The molecule has 5 aliphatic carbocycles. The van der Waals surface area contributed by atoms with Crippen LogP contribution in [0.25, 0.3) is 0 Å². The lowest BCUT2D eigenvalue weighted by molar-refractivity contribution is -0.357. The van der Waals surface area contributed by atoms with Crippen LogP contribution in [-0.4, -0.2) is 118 Å². The lowest BCUT2D eigenvalue weighted by Gasteiger charge is -2.71. The van der Waals surface area contributed by atoms with Gasteiger partial charge in [-0.2, -0.15) is 0 Å². The zero-order chi connectivity index (χ0) is 40.3. The van der Waals surface area contributed by atoms with Gasteiger partial charge in [0.25, 0.3) is 0 Å². The lowest BCUT2D eigenvalue weighted by Crippen LogP contribution is -2.67. The highest BCUT2D eigenvalue weighted by atomic mass is 16.7. The summed E-state index contributed by atoms with van der Waals surface area (Å²) in [7, 11) is 1.15. The summed E-state index contributed by atoms with van der Waals surface area (Å²) in [5.41, 5.74) is 0.207. The number of aliphatic hydroxyl groups excluding tert-OH is 5. The molecule has 7 rings (SSSR count). The molecule has 0 radical (unpaired) electrons. The van der Waals surface area contributed by atoms with Crippen LogP contribution >= 0.6 is 0 Å². The summed E-state index contributed by atoms with van der Waals surface area (Å²) in [6.07, 6.45) is -3.44. The highest BCUT2D eigenvalue weighted by Gasteiger charge is 2.69. The standard InChI is InChI=1S/C42H66O13/c1-37(2)15-17-42(36(49)50)18-16-40(6)21(22(42)19-37)9-10-25-39(5)13-12-26(38(3,4)24(39)11-14-41(25,40)7)53-35-30(47)31(29(46)32(55-35)33(48)51-8)54-34-28(45)27(44)23(43)20-52-34/h9,22-32,34-35,43-47H,10-20H2,1-8H3,(H,49,50)/t22-,23-,24-,25-,26+,27+,28-,29+,30-,31+,32+,34+,35-,39+,40-,41-,42+/m1/s1. The molecule has 6 N–H and O–H groups in total. The molecule has 13 nitrogen and oxygen atoms in total. The Morgan fingerprint density at radius 1 is 0.782 bits per heavy atom. The smallest absolute Gasteiger partial charge is 0.337 e. The fourth-order valence-electron chi connectivity index (χ4n) is 13.5. The summed E-state index contributed by atoms with van der Waals surface area (Å²) in [5, 5.41) is 64.2. The minimum Gasteiger partial charge on any atom is -0.481 e. The Balaban J connectivity index is 1.13. The molecule has 0 aromatic rings. The van der Waals surface area contributed by atoms with E-state index in [2.05, 4.69) is 54.5 Å². The van der Waals surface area contributed by atoms with Crippen molar-refractivity contribution in [2.75, 3.05) is 13.7 Å². The molecule has 0 amide bonds. The first-order valence-electron chi connectivity index (χ1n) is 20.6. The molecule has 4 saturated carbocycles. The second-order valence-electron chi connectivity index (χ2n) is 20.4. The maximum atomic E-state index is 13.1. The van der Waals surface area contributed by atoms with Crippen molar-refractivity contribution in [2.45, 2.75) is 174 Å². The van der Waals surface area contributed by atoms with E-state index in [0.717, 1.165) is 58.5 Å². The third-order valence-electron chi connectivity index (χ3n) is 17.0. The first-order chi connectivity index (χ1) is 25.6. The van der Waals surface area contributed by atoms with Crippen molar-refractivity contribution in [1.29, 1.82) is 0 Å². The molecule has 0 unspecified atom stereocenters. The van der Waals surface area contributed by atoms with Crippen molar-refractivity contribution in [3.05, 3.63) is 11.6 Å². The molecule has 6 fully saturated rings. The highest BCUT2D eigenvalue weighted by Crippen LogP contribution is 2.76. The van der Waals surface area contributed by atoms with Gasteiger partial charge in [0, 0.05) is 0 Å². The summed E-state index contributed by atoms with van der Waals surface area (Å²) >= 11 is 0. The van der Waals surface area contributed by atoms with Gasteiger partial charge in [0.05, 0.1) is 25.2 Å². The summed E-state index contributed by atoms with van der Waals surface area (Å²) in [5.74, 6) is -0.884. The number of ether oxygens (including phenoxy) is 5. The van der Waals surface area contributed by atoms with Crippen molar-refractivity contribution >= 4 is 11.9 Å². The van der Waals surface area contributed by atoms with Crippen molar-refractivity contribution in [1.82, 2.24) is 0 Å². The number of carboxylic acids is 1. The van der Waals surface area contributed by atoms with Gasteiger partial charge in [-0.05, 0) is 109 Å². The van der Waals surface area contributed by atoms with Crippen LogP contribution in [0.15, 0.2) is 11.6 Å². The predicted octanol–water partition coefficient (Wildman–Crippen LogP) is 3.70. The molecule has 2 aliphatic heterocycles. The number of allylic oxidation sites excluding steroid dienone is 2. The number of carboxylic acid groups (broad SMARTS) is 1. The van der Waals surface area contributed by atoms with Crippen LogP contribution < -0.4 is 0 Å². The van der Waals surface area contributed by atoms with Crippen LogP contribution in [0.4, 0.5) is 0 Å². The molecule has 312 valence electrons. The molecule has 17 atom stereocenters. The van der Waals surface area contributed by atoms with Crippen molar-refractivity contribution < 1.29 is 63.9 Å². The number of carbonyl (C=O) groups excluding carboxylic acids is 1. The fraction of sp³-hybridized carbons (Fsp3) is 0.905. The fourth-order valence-corrected chi connectivity index (χ4v) is 13.5. The number of aliphatic carboxylic acids is 1. The van der Waals surface area contributed by atoms with E-state index in [1.54, 1.807) is 0 Å². The SMILES string of the molecule is COC(=O)[C@H]1O[C@@H](O[C@H]2CC[C@@]3(C)[C@H](CC[C@]4(C)[C@@H]3CC=C3[C@H]5CC(C)(C)CC[C@]5(C(=O)O)CC[C@]34C)C2(C)C)[C@H](O)[C@@H](O[C@@H]2OC[C@@H](O)[C@H](O)[C@H]2O)[C@@H]1O. The van der Waals surface area contributed by atoms with Crippen LogP contribution in [0.2, 0.25) is 0 Å². The van der Waals surface area contributed by atoms with E-state index in [1.807, 2.05) is 0 Å². The molecular weight excluding hydrogens is 712 g/mol. The molecule has 13 heteroatoms. The topological polar surface area (TPSA) is 202 Å². The van der Waals surface area contributed by atoms with Crippen molar-refractivity contribution in [2.24, 2.45) is 50.2 Å². The Morgan fingerprint density at radius 3 is 2.15 bits per heavy atom. The Labute approximate surface area is 325 Å². The van der Waals surface area contributed by atoms with Gasteiger partial charge in [-0.15, -0.1) is 0 Å². The molecule has 0 aromatic heterocycles. The average molecular weight is 779 g/mol. The predicted molar refractivity (Wildman–Crippen MR) is 197 cm³/mol. The van der Waals surface area contributed by atoms with Crippen LogP contribution in [-0.2, 0) is 33.3 Å². The van der Waals surface area contributed by atoms with Gasteiger partial charge in [0.1, 0.15) is 36.6 Å². The van der Waals surface area contributed by atoms with Crippen LogP contribution in [0.3, 0.4) is 0 Å². The maximum Gasteiger partial charge on any atom is 0.337 e. The molecule has 2 heterocycles. The van der Waals surface area contributed by atoms with E-state index in [1.165, 1.54) is 5.57 Å². The number of fused-ring (bicyclic) bond motifs is 7. The summed E-state index contributed by atoms with van der Waals surface area (Å²) in [6.45, 7) is 16.0. The normalized spacial score (nSPS) is 51.7. The van der Waals surface area contributed by atoms with Gasteiger partial charge >= 0.3 is 11.9 Å². The third-order valence-corrected chi connectivity index (χ3v) is 17.0. The highest BCUT2D eigenvalue weighted by molar-refractivity contribution is 5.77. The van der Waals surface area contributed by atoms with E-state index in [0.29, 0.717) is 18.8 Å². The second kappa shape index (κ2) is 14.0. The largest absolute Gasteiger partial charge is 0.481 e. The zero-order valence-corrected chi connectivity index (χ0v) is 33.9. The number of carbonyl (C=O) groups is 2. The van der Waals surface area contributed by atoms with Crippen LogP contribution in [0.5, 0.6) is 0 Å². The summed E-state index contributed by atoms with van der Waals surface area (Å²) < 4.78 is 28.7. The Kier molecular flexibility index (Phi) is 10.5. The van der Waals surface area contributed by atoms with Gasteiger partial charge in [-0.1, -0.05) is 60.1 Å². The molecule has 0 spiro atoms. The molecular formula is C42H66O13. The number of esters is 1. The second-order valence-corrected chi connectivity index (χ2v) is 20.4. The number of aliphatic hydroxyl groups is 5. The van der Waals surface area contributed by atoms with Crippen molar-refractivity contribution in [3.63, 3.8) is 0 Å². The van der Waals surface area contributed by atoms with Crippen molar-refractivity contribution in [3.8, 4) is 0 Å². The Bertz CT molecular complexity index is 1530. The summed E-state index contributed by atoms with van der Waals surface area (Å²) in [6, 6.07) is 0. The van der Waals surface area contributed by atoms with Gasteiger partial charge in [0.15, 0.2) is 18.7 Å². The molecule has 2 saturated heterocycles. The minimum atomic E-state index is -1.73. The Hall–Kier alpha value is -1.68. The minimum absolute atomic E-state index is 0.0230. The third kappa shape index (κ3) is 6.19. The van der Waals surface area contributed by atoms with E-state index in [9.17, 15) is 40.2 Å². The van der Waals surface area contributed by atoms with E-state index >= 15 is 0 Å². The molecule has 0 aromatic carbocycles. The maximum absolute atomic E-state index is 13.1. The van der Waals surface area contributed by atoms with Gasteiger partial charge in [0.2, 0.25) is 0 Å². The first-order valence-corrected chi connectivity index (χ1v) is 20.6. The van der Waals surface area contributed by atoms with Gasteiger partial charge < -0.3 is 54.3 Å². The lowest BCUT2D eigenvalue weighted by atomic mass is 9.33. The van der Waals surface area contributed by atoms with E-state index in [4.69, 9.17) is 23.7 Å². The van der Waals surface area contributed by atoms with Gasteiger partial charge in [-0.3, -0.25) is 4.79 Å². The number of hydrogen-bond acceptors (Lipinski definition) is 12. The molecule has 0 bridgehead atoms. The van der Waals surface area contributed by atoms with Crippen LogP contribution in [0, 0.1) is 50.2 Å². The van der Waals surface area contributed by atoms with Gasteiger partial charge in [-0.25, -0.2) is 4.79 Å². The number of rotatable bonds is 6. The molecule has 55 heavy (non-hydrogen) atoms. The van der Waals surface area contributed by atoms with E-state index in [-0.39, 0.29) is 40.1 Å². The first kappa shape index (κ1) is 41.5. The zero-order valence-electron chi connectivity index (χ0n) is 33.9. The monoisotopic (exact) mass is 778 g/mol. The number of methoxy groups -OCH3 is 1. The van der Waals surface area contributed by atoms with E-state index < -0.39 is 84.2 Å². The Morgan fingerprint density at radius 2 is 1.47 bits per heavy atom. The quantitative estimate of drug-likeness (QED) is 0.130. The number of hydrogen-bond donors (Lipinski definition) is 6.